The van der Waals surface area contributed by atoms with Gasteiger partial charge < -0.3 is 14.6 Å². The molecule has 0 aliphatic heterocycles. The Hall–Kier alpha value is -1.95. The van der Waals surface area contributed by atoms with Gasteiger partial charge in [-0.15, -0.1) is 0 Å². The third kappa shape index (κ3) is 4.01. The lowest BCUT2D eigenvalue weighted by molar-refractivity contribution is 0.280. The van der Waals surface area contributed by atoms with Gasteiger partial charge in [0.05, 0.1) is 0 Å². The molecule has 0 aliphatic carbocycles. The predicted molar refractivity (Wildman–Crippen MR) is 76.5 cm³/mol. The van der Waals surface area contributed by atoms with E-state index in [1.807, 2.05) is 20.8 Å². The van der Waals surface area contributed by atoms with Gasteiger partial charge in [0.15, 0.2) is 6.61 Å². The molecule has 1 aromatic heterocycles. The minimum Gasteiger partial charge on any atom is -0.485 e. The first kappa shape index (κ1) is 15.4. The van der Waals surface area contributed by atoms with Gasteiger partial charge in [-0.3, -0.25) is 0 Å². The van der Waals surface area contributed by atoms with E-state index in [1.54, 1.807) is 6.07 Å². The zero-order chi connectivity index (χ0) is 15.2. The van der Waals surface area contributed by atoms with E-state index in [4.69, 9.17) is 9.26 Å². The molecule has 0 spiro atoms. The van der Waals surface area contributed by atoms with Crippen LogP contribution in [0, 0.1) is 5.82 Å². The first-order valence-corrected chi connectivity index (χ1v) is 7.11. The maximum Gasteiger partial charge on any atom is 0.226 e. The molecule has 1 heterocycles. The first-order chi connectivity index (χ1) is 10.1. The van der Waals surface area contributed by atoms with Crippen molar-refractivity contribution in [1.29, 1.82) is 0 Å². The number of hydrogen-bond donors (Lipinski definition) is 1. The molecule has 2 aromatic rings. The minimum atomic E-state index is -0.282. The third-order valence-electron chi connectivity index (χ3n) is 3.12. The van der Waals surface area contributed by atoms with Crippen LogP contribution < -0.4 is 10.1 Å². The minimum absolute atomic E-state index is 0.00262. The van der Waals surface area contributed by atoms with Gasteiger partial charge in [0.1, 0.15) is 11.6 Å². The second kappa shape index (κ2) is 7.17. The third-order valence-corrected chi connectivity index (χ3v) is 3.12. The van der Waals surface area contributed by atoms with E-state index in [1.165, 1.54) is 12.1 Å². The van der Waals surface area contributed by atoms with Crippen LogP contribution in [0.2, 0.25) is 0 Å². The van der Waals surface area contributed by atoms with Crippen LogP contribution in [0.15, 0.2) is 22.7 Å². The van der Waals surface area contributed by atoms with Crippen LogP contribution >= 0.6 is 0 Å². The molecule has 1 atom stereocenters. The van der Waals surface area contributed by atoms with Crippen molar-refractivity contribution in [1.82, 2.24) is 15.5 Å². The van der Waals surface area contributed by atoms with Crippen molar-refractivity contribution >= 4 is 0 Å². The van der Waals surface area contributed by atoms with E-state index < -0.39 is 0 Å². The number of aryl methyl sites for hydroxylation is 1. The second-order valence-electron chi connectivity index (χ2n) is 4.71. The lowest BCUT2D eigenvalue weighted by atomic mass is 10.1. The number of hydrogen-bond acceptors (Lipinski definition) is 5. The highest BCUT2D eigenvalue weighted by Crippen LogP contribution is 2.26. The molecular formula is C15H20FN3O2. The zero-order valence-corrected chi connectivity index (χ0v) is 12.5. The molecule has 1 aromatic carbocycles. The Bertz CT molecular complexity index is 586. The SMILES string of the molecule is CCNC(C)c1cc(F)ccc1OCc1noc(CC)n1. The summed E-state index contributed by atoms with van der Waals surface area (Å²) in [5.41, 5.74) is 0.774. The maximum atomic E-state index is 13.4. The summed E-state index contributed by atoms with van der Waals surface area (Å²) >= 11 is 0. The molecule has 1 N–H and O–H groups in total. The Morgan fingerprint density at radius 1 is 1.38 bits per heavy atom. The van der Waals surface area contributed by atoms with Crippen molar-refractivity contribution in [2.24, 2.45) is 0 Å². The van der Waals surface area contributed by atoms with E-state index >= 15 is 0 Å². The Morgan fingerprint density at radius 2 is 2.19 bits per heavy atom. The summed E-state index contributed by atoms with van der Waals surface area (Å²) in [6.07, 6.45) is 0.687. The first-order valence-electron chi connectivity index (χ1n) is 7.11. The van der Waals surface area contributed by atoms with Gasteiger partial charge in [-0.05, 0) is 31.7 Å². The Morgan fingerprint density at radius 3 is 2.86 bits per heavy atom. The molecular weight excluding hydrogens is 273 g/mol. The van der Waals surface area contributed by atoms with Gasteiger partial charge >= 0.3 is 0 Å². The topological polar surface area (TPSA) is 60.2 Å². The predicted octanol–water partition coefficient (Wildman–Crippen LogP) is 3.02. The van der Waals surface area contributed by atoms with Crippen molar-refractivity contribution in [3.8, 4) is 5.75 Å². The second-order valence-corrected chi connectivity index (χ2v) is 4.71. The van der Waals surface area contributed by atoms with Crippen LogP contribution in [0.1, 0.15) is 44.1 Å². The number of nitrogens with zero attached hydrogens (tertiary/aromatic N) is 2. The fraction of sp³-hybridized carbons (Fsp3) is 0.467. The highest BCUT2D eigenvalue weighted by molar-refractivity contribution is 5.36. The highest BCUT2D eigenvalue weighted by atomic mass is 19.1. The highest BCUT2D eigenvalue weighted by Gasteiger charge is 2.13. The fourth-order valence-electron chi connectivity index (χ4n) is 2.04. The summed E-state index contributed by atoms with van der Waals surface area (Å²) in [5.74, 6) is 1.40. The quantitative estimate of drug-likeness (QED) is 0.850. The van der Waals surface area contributed by atoms with Gasteiger partial charge in [0.25, 0.3) is 0 Å². The van der Waals surface area contributed by atoms with E-state index in [0.29, 0.717) is 23.9 Å². The number of aromatic nitrogens is 2. The average Bonchev–Trinajstić information content (AvgIpc) is 2.94. The molecule has 21 heavy (non-hydrogen) atoms. The van der Waals surface area contributed by atoms with Gasteiger partial charge in [-0.1, -0.05) is 19.0 Å². The zero-order valence-electron chi connectivity index (χ0n) is 12.5. The van der Waals surface area contributed by atoms with Crippen molar-refractivity contribution in [3.63, 3.8) is 0 Å². The molecule has 0 aliphatic rings. The number of benzene rings is 1. The van der Waals surface area contributed by atoms with Crippen molar-refractivity contribution < 1.29 is 13.7 Å². The lowest BCUT2D eigenvalue weighted by Gasteiger charge is -2.17. The number of rotatable bonds is 7. The summed E-state index contributed by atoms with van der Waals surface area (Å²) in [7, 11) is 0. The average molecular weight is 293 g/mol. The van der Waals surface area contributed by atoms with Crippen LogP contribution in [0.4, 0.5) is 4.39 Å². The monoisotopic (exact) mass is 293 g/mol. The van der Waals surface area contributed by atoms with Gasteiger partial charge in [-0.2, -0.15) is 4.98 Å². The molecule has 0 fully saturated rings. The number of halogens is 1. The normalized spacial score (nSPS) is 12.4. The Labute approximate surface area is 123 Å². The molecule has 0 radical (unpaired) electrons. The standard InChI is InChI=1S/C15H20FN3O2/c1-4-15-18-14(19-21-15)9-20-13-7-6-11(16)8-12(13)10(3)17-5-2/h6-8,10,17H,4-5,9H2,1-3H3. The number of nitrogens with one attached hydrogen (secondary N) is 1. The summed E-state index contributed by atoms with van der Waals surface area (Å²) in [6.45, 7) is 6.90. The number of ether oxygens (including phenoxy) is 1. The van der Waals surface area contributed by atoms with Crippen LogP contribution in [0.5, 0.6) is 5.75 Å². The van der Waals surface area contributed by atoms with E-state index in [9.17, 15) is 4.39 Å². The van der Waals surface area contributed by atoms with Crippen LogP contribution in [-0.2, 0) is 13.0 Å². The summed E-state index contributed by atoms with van der Waals surface area (Å²) < 4.78 is 24.2. The van der Waals surface area contributed by atoms with E-state index in [2.05, 4.69) is 15.5 Å². The van der Waals surface area contributed by atoms with E-state index in [-0.39, 0.29) is 18.5 Å². The Balaban J connectivity index is 2.11. The largest absolute Gasteiger partial charge is 0.485 e. The molecule has 0 saturated carbocycles. The molecule has 0 saturated heterocycles. The van der Waals surface area contributed by atoms with Crippen LogP contribution in [0.25, 0.3) is 0 Å². The Kier molecular flexibility index (Phi) is 5.27. The van der Waals surface area contributed by atoms with Crippen LogP contribution in [0.3, 0.4) is 0 Å². The van der Waals surface area contributed by atoms with Crippen LogP contribution in [-0.4, -0.2) is 16.7 Å². The fourth-order valence-corrected chi connectivity index (χ4v) is 2.04. The smallest absolute Gasteiger partial charge is 0.226 e. The van der Waals surface area contributed by atoms with E-state index in [0.717, 1.165) is 12.1 Å². The summed E-state index contributed by atoms with van der Waals surface area (Å²) in [6, 6.07) is 4.48. The van der Waals surface area contributed by atoms with Crippen molar-refractivity contribution in [2.75, 3.05) is 6.54 Å². The van der Waals surface area contributed by atoms with Gasteiger partial charge in [-0.25, -0.2) is 4.39 Å². The van der Waals surface area contributed by atoms with Gasteiger partial charge in [0, 0.05) is 18.0 Å². The molecule has 5 nitrogen and oxygen atoms in total. The lowest BCUT2D eigenvalue weighted by Crippen LogP contribution is -2.18. The molecule has 0 amide bonds. The molecule has 6 heteroatoms. The van der Waals surface area contributed by atoms with Crippen molar-refractivity contribution in [3.05, 3.63) is 41.3 Å². The molecule has 1 unspecified atom stereocenters. The molecule has 2 rings (SSSR count). The summed E-state index contributed by atoms with van der Waals surface area (Å²) in [5, 5.41) is 7.07. The molecule has 114 valence electrons. The molecule has 0 bridgehead atoms. The maximum absolute atomic E-state index is 13.4. The van der Waals surface area contributed by atoms with Crippen molar-refractivity contribution in [2.45, 2.75) is 39.8 Å². The van der Waals surface area contributed by atoms with Gasteiger partial charge in [0.2, 0.25) is 11.7 Å². The summed E-state index contributed by atoms with van der Waals surface area (Å²) in [4.78, 5) is 4.18.